The van der Waals surface area contributed by atoms with E-state index < -0.39 is 18.8 Å². The molecule has 0 aromatic heterocycles. The van der Waals surface area contributed by atoms with Gasteiger partial charge in [0.05, 0.1) is 13.2 Å². The number of hydrogen-bond donors (Lipinski definition) is 0. The number of rotatable bonds is 14. The zero-order chi connectivity index (χ0) is 14.7. The maximum absolute atomic E-state index is 5.92. The summed E-state index contributed by atoms with van der Waals surface area (Å²) in [6, 6.07) is 1.04. The van der Waals surface area contributed by atoms with Gasteiger partial charge in [-0.15, -0.1) is 0 Å². The summed E-state index contributed by atoms with van der Waals surface area (Å²) in [6.45, 7) is 9.76. The van der Waals surface area contributed by atoms with Gasteiger partial charge in [0.25, 0.3) is 0 Å². The summed E-state index contributed by atoms with van der Waals surface area (Å²) in [5.41, 5.74) is 0. The minimum absolute atomic E-state index is 0.345. The molecule has 120 valence electrons. The molecule has 0 aromatic rings. The molecule has 0 amide bonds. The molecule has 0 saturated carbocycles. The van der Waals surface area contributed by atoms with Crippen LogP contribution in [0.4, 0.5) is 0 Å². The molecular formula is C12H28O6Si2. The second-order valence-electron chi connectivity index (χ2n) is 4.38. The summed E-state index contributed by atoms with van der Waals surface area (Å²) in [4.78, 5) is 0. The van der Waals surface area contributed by atoms with Gasteiger partial charge in [-0.05, 0) is 33.2 Å². The van der Waals surface area contributed by atoms with Crippen molar-refractivity contribution in [1.29, 1.82) is 0 Å². The van der Waals surface area contributed by atoms with Crippen molar-refractivity contribution in [3.05, 3.63) is 0 Å². The summed E-state index contributed by atoms with van der Waals surface area (Å²) >= 11 is 0. The number of hydrogen-bond acceptors (Lipinski definition) is 6. The molecule has 0 N–H and O–H groups in total. The Morgan fingerprint density at radius 2 is 1.70 bits per heavy atom. The predicted molar refractivity (Wildman–Crippen MR) is 80.2 cm³/mol. The average Bonchev–Trinajstić information content (AvgIpc) is 3.23. The Bertz CT molecular complexity index is 223. The fourth-order valence-electron chi connectivity index (χ4n) is 1.66. The van der Waals surface area contributed by atoms with Crippen LogP contribution in [0.1, 0.15) is 27.2 Å². The average molecular weight is 325 g/mol. The van der Waals surface area contributed by atoms with Crippen molar-refractivity contribution in [3.63, 3.8) is 0 Å². The van der Waals surface area contributed by atoms with E-state index in [4.69, 9.17) is 26.9 Å². The standard InChI is InChI=1S/C12H28O6Si2/c1-4-15-20(16-5-2,17-6-3)18-19-9-7-8-13-10-12-11-14-12/h12H,4-11,19H2,1-3H3. The first-order valence-corrected chi connectivity index (χ1v) is 10.7. The van der Waals surface area contributed by atoms with Crippen LogP contribution in [0, 0.1) is 0 Å². The van der Waals surface area contributed by atoms with Gasteiger partial charge < -0.3 is 26.9 Å². The molecule has 0 aliphatic carbocycles. The van der Waals surface area contributed by atoms with E-state index in [1.54, 1.807) is 0 Å². The molecule has 20 heavy (non-hydrogen) atoms. The topological polar surface area (TPSA) is 58.7 Å². The molecule has 1 heterocycles. The third-order valence-electron chi connectivity index (χ3n) is 2.63. The fourth-order valence-corrected chi connectivity index (χ4v) is 5.96. The molecule has 1 aliphatic heterocycles. The van der Waals surface area contributed by atoms with E-state index in [1.165, 1.54) is 0 Å². The molecule has 1 saturated heterocycles. The minimum atomic E-state index is -2.87. The smallest absolute Gasteiger partial charge is 0.400 e. The molecule has 1 fully saturated rings. The number of ether oxygens (including phenoxy) is 2. The van der Waals surface area contributed by atoms with Crippen molar-refractivity contribution in [2.45, 2.75) is 39.3 Å². The van der Waals surface area contributed by atoms with Crippen molar-refractivity contribution in [2.24, 2.45) is 0 Å². The van der Waals surface area contributed by atoms with Gasteiger partial charge in [0.1, 0.15) is 6.10 Å². The quantitative estimate of drug-likeness (QED) is 0.268. The highest BCUT2D eigenvalue weighted by molar-refractivity contribution is 6.60. The van der Waals surface area contributed by atoms with Gasteiger partial charge in [-0.3, -0.25) is 0 Å². The maximum atomic E-state index is 5.92. The maximum Gasteiger partial charge on any atom is 0.668 e. The molecule has 8 heteroatoms. The first kappa shape index (κ1) is 18.2. The second kappa shape index (κ2) is 10.9. The highest BCUT2D eigenvalue weighted by Crippen LogP contribution is 2.12. The number of epoxide rings is 1. The van der Waals surface area contributed by atoms with Crippen molar-refractivity contribution in [3.8, 4) is 0 Å². The van der Waals surface area contributed by atoms with Crippen LogP contribution in [0.5, 0.6) is 0 Å². The highest BCUT2D eigenvalue weighted by Gasteiger charge is 2.43. The Kier molecular flexibility index (Phi) is 9.90. The second-order valence-corrected chi connectivity index (χ2v) is 8.52. The molecule has 0 spiro atoms. The lowest BCUT2D eigenvalue weighted by molar-refractivity contribution is 0.0104. The molecule has 0 bridgehead atoms. The van der Waals surface area contributed by atoms with Gasteiger partial charge in [-0.25, -0.2) is 0 Å². The normalized spacial score (nSPS) is 19.1. The highest BCUT2D eigenvalue weighted by atomic mass is 28.4. The molecule has 1 atom stereocenters. The van der Waals surface area contributed by atoms with Crippen molar-refractivity contribution in [2.75, 3.05) is 39.6 Å². The van der Waals surface area contributed by atoms with Crippen LogP contribution in [-0.4, -0.2) is 64.6 Å². The SMILES string of the molecule is CCO[Si](OCC)(OCC)O[SiH2]CCCOCC1CO1. The van der Waals surface area contributed by atoms with E-state index >= 15 is 0 Å². The lowest BCUT2D eigenvalue weighted by Crippen LogP contribution is -2.50. The van der Waals surface area contributed by atoms with E-state index in [-0.39, 0.29) is 0 Å². The molecule has 0 radical (unpaired) electrons. The van der Waals surface area contributed by atoms with Crippen LogP contribution >= 0.6 is 0 Å². The first-order valence-electron chi connectivity index (χ1n) is 7.51. The van der Waals surface area contributed by atoms with Crippen molar-refractivity contribution >= 4 is 18.8 Å². The summed E-state index contributed by atoms with van der Waals surface area (Å²) in [6.07, 6.45) is 1.35. The summed E-state index contributed by atoms with van der Waals surface area (Å²) < 4.78 is 33.4. The zero-order valence-electron chi connectivity index (χ0n) is 12.9. The van der Waals surface area contributed by atoms with Crippen LogP contribution in [-0.2, 0) is 26.9 Å². The lowest BCUT2D eigenvalue weighted by atomic mass is 10.5. The van der Waals surface area contributed by atoms with Gasteiger partial charge in [0.15, 0.2) is 9.76 Å². The fraction of sp³-hybridized carbons (Fsp3) is 1.00. The molecular weight excluding hydrogens is 296 g/mol. The Hall–Kier alpha value is 0.194. The molecule has 1 rings (SSSR count). The predicted octanol–water partition coefficient (Wildman–Crippen LogP) is 0.856. The Balaban J connectivity index is 2.11. The van der Waals surface area contributed by atoms with E-state index in [2.05, 4.69) is 0 Å². The Morgan fingerprint density at radius 1 is 1.10 bits per heavy atom. The van der Waals surface area contributed by atoms with Crippen LogP contribution in [0.2, 0.25) is 6.04 Å². The van der Waals surface area contributed by atoms with Crippen LogP contribution < -0.4 is 0 Å². The Labute approximate surface area is 125 Å². The van der Waals surface area contributed by atoms with E-state index in [9.17, 15) is 0 Å². The third-order valence-corrected chi connectivity index (χ3v) is 7.58. The zero-order valence-corrected chi connectivity index (χ0v) is 15.3. The minimum Gasteiger partial charge on any atom is -0.400 e. The van der Waals surface area contributed by atoms with Gasteiger partial charge in [-0.1, -0.05) is 0 Å². The van der Waals surface area contributed by atoms with Crippen molar-refractivity contribution < 1.29 is 26.9 Å². The lowest BCUT2D eigenvalue weighted by Gasteiger charge is -2.27. The van der Waals surface area contributed by atoms with Crippen LogP contribution in [0.3, 0.4) is 0 Å². The monoisotopic (exact) mass is 324 g/mol. The van der Waals surface area contributed by atoms with Crippen molar-refractivity contribution in [1.82, 2.24) is 0 Å². The summed E-state index contributed by atoms with van der Waals surface area (Å²) in [5, 5.41) is 0. The first-order chi connectivity index (χ1) is 9.76. The Morgan fingerprint density at radius 3 is 2.20 bits per heavy atom. The van der Waals surface area contributed by atoms with E-state index in [0.29, 0.717) is 25.9 Å². The molecule has 1 unspecified atom stereocenters. The summed E-state index contributed by atoms with van der Waals surface area (Å²) in [7, 11) is -3.58. The molecule has 0 aromatic carbocycles. The van der Waals surface area contributed by atoms with Gasteiger partial charge in [-0.2, -0.15) is 0 Å². The van der Waals surface area contributed by atoms with Gasteiger partial charge in [0.2, 0.25) is 0 Å². The summed E-state index contributed by atoms with van der Waals surface area (Å²) in [5.74, 6) is 0. The molecule has 6 nitrogen and oxygen atoms in total. The van der Waals surface area contributed by atoms with Crippen LogP contribution in [0.25, 0.3) is 0 Å². The molecule has 1 aliphatic rings. The van der Waals surface area contributed by atoms with Gasteiger partial charge in [0, 0.05) is 26.4 Å². The van der Waals surface area contributed by atoms with Gasteiger partial charge >= 0.3 is 9.05 Å². The largest absolute Gasteiger partial charge is 0.668 e. The third kappa shape index (κ3) is 7.84. The van der Waals surface area contributed by atoms with Crippen LogP contribution in [0.15, 0.2) is 0 Å². The van der Waals surface area contributed by atoms with E-state index in [0.717, 1.165) is 32.3 Å². The van der Waals surface area contributed by atoms with E-state index in [1.807, 2.05) is 20.8 Å².